The van der Waals surface area contributed by atoms with Crippen LogP contribution < -0.4 is 5.73 Å². The van der Waals surface area contributed by atoms with Gasteiger partial charge < -0.3 is 5.73 Å². The van der Waals surface area contributed by atoms with E-state index in [9.17, 15) is 0 Å². The summed E-state index contributed by atoms with van der Waals surface area (Å²) in [7, 11) is 1.86. The number of anilines is 1. The van der Waals surface area contributed by atoms with Crippen LogP contribution in [0.4, 0.5) is 5.82 Å². The van der Waals surface area contributed by atoms with E-state index >= 15 is 0 Å². The molecular weight excluding hydrogens is 210 g/mol. The lowest BCUT2D eigenvalue weighted by molar-refractivity contribution is 0.782. The van der Waals surface area contributed by atoms with E-state index in [4.69, 9.17) is 5.73 Å². The summed E-state index contributed by atoms with van der Waals surface area (Å²) in [5.74, 6) is 0.690. The van der Waals surface area contributed by atoms with Gasteiger partial charge in [0, 0.05) is 18.7 Å². The van der Waals surface area contributed by atoms with Crippen molar-refractivity contribution in [1.82, 2.24) is 9.78 Å². The number of aromatic nitrogens is 2. The van der Waals surface area contributed by atoms with E-state index in [1.807, 2.05) is 13.1 Å². The molecule has 90 valence electrons. The van der Waals surface area contributed by atoms with Crippen molar-refractivity contribution in [2.75, 3.05) is 5.73 Å². The molecular formula is C14H19N3. The van der Waals surface area contributed by atoms with Gasteiger partial charge in [0.15, 0.2) is 0 Å². The van der Waals surface area contributed by atoms with Crippen LogP contribution in [0.25, 0.3) is 11.3 Å². The molecule has 3 nitrogen and oxygen atoms in total. The summed E-state index contributed by atoms with van der Waals surface area (Å²) in [6.07, 6.45) is 0. The molecule has 3 heteroatoms. The summed E-state index contributed by atoms with van der Waals surface area (Å²) in [6.45, 7) is 8.60. The summed E-state index contributed by atoms with van der Waals surface area (Å²) in [6, 6.07) is 4.12. The minimum Gasteiger partial charge on any atom is -0.384 e. The smallest absolute Gasteiger partial charge is 0.121 e. The molecule has 0 aliphatic rings. The van der Waals surface area contributed by atoms with Crippen LogP contribution >= 0.6 is 0 Å². The fourth-order valence-electron chi connectivity index (χ4n) is 2.09. The first-order valence-electron chi connectivity index (χ1n) is 5.79. The number of aryl methyl sites for hydroxylation is 2. The van der Waals surface area contributed by atoms with E-state index in [2.05, 4.69) is 38.9 Å². The summed E-state index contributed by atoms with van der Waals surface area (Å²) in [5.41, 5.74) is 13.2. The Labute approximate surface area is 102 Å². The predicted octanol–water partition coefficient (Wildman–Crippen LogP) is 2.90. The summed E-state index contributed by atoms with van der Waals surface area (Å²) in [4.78, 5) is 0. The molecule has 0 amide bonds. The molecule has 0 fully saturated rings. The molecule has 2 N–H and O–H groups in total. The lowest BCUT2D eigenvalue weighted by Crippen LogP contribution is -1.97. The number of nitrogens with zero attached hydrogens (tertiary/aromatic N) is 2. The molecule has 17 heavy (non-hydrogen) atoms. The first kappa shape index (κ1) is 11.7. The van der Waals surface area contributed by atoms with Crippen molar-refractivity contribution in [2.45, 2.75) is 27.7 Å². The van der Waals surface area contributed by atoms with Crippen molar-refractivity contribution in [3.8, 4) is 11.3 Å². The molecule has 0 aliphatic carbocycles. The van der Waals surface area contributed by atoms with Crippen LogP contribution in [-0.2, 0) is 7.05 Å². The monoisotopic (exact) mass is 229 g/mol. The normalized spacial score (nSPS) is 10.9. The first-order valence-corrected chi connectivity index (χ1v) is 5.79. The van der Waals surface area contributed by atoms with Crippen molar-refractivity contribution >= 4 is 5.82 Å². The van der Waals surface area contributed by atoms with Gasteiger partial charge in [0.05, 0.1) is 5.69 Å². The molecule has 2 aromatic rings. The molecule has 1 aromatic carbocycles. The molecule has 0 saturated carbocycles. The van der Waals surface area contributed by atoms with Crippen LogP contribution in [0.1, 0.15) is 22.3 Å². The summed E-state index contributed by atoms with van der Waals surface area (Å²) in [5, 5.41) is 4.44. The Hall–Kier alpha value is -1.77. The number of nitrogen functional groups attached to an aromatic ring is 1. The SMILES string of the molecule is Cc1cc(-c2cc(N)n(C)n2)c(C)c(C)c1C. The molecule has 0 unspecified atom stereocenters. The van der Waals surface area contributed by atoms with E-state index in [0.717, 1.165) is 5.69 Å². The molecule has 1 heterocycles. The highest BCUT2D eigenvalue weighted by atomic mass is 15.3. The van der Waals surface area contributed by atoms with Crippen molar-refractivity contribution < 1.29 is 0 Å². The van der Waals surface area contributed by atoms with Gasteiger partial charge in [0.25, 0.3) is 0 Å². The second-order valence-electron chi connectivity index (χ2n) is 4.69. The van der Waals surface area contributed by atoms with Gasteiger partial charge in [-0.2, -0.15) is 5.10 Å². The van der Waals surface area contributed by atoms with Crippen LogP contribution in [0.2, 0.25) is 0 Å². The summed E-state index contributed by atoms with van der Waals surface area (Å²) >= 11 is 0. The van der Waals surface area contributed by atoms with Gasteiger partial charge in [-0.25, -0.2) is 0 Å². The molecule has 0 saturated heterocycles. The van der Waals surface area contributed by atoms with Gasteiger partial charge in [0.2, 0.25) is 0 Å². The number of hydrogen-bond donors (Lipinski definition) is 1. The zero-order valence-electron chi connectivity index (χ0n) is 11.1. The van der Waals surface area contributed by atoms with Gasteiger partial charge >= 0.3 is 0 Å². The molecule has 0 atom stereocenters. The van der Waals surface area contributed by atoms with Gasteiger partial charge in [-0.3, -0.25) is 4.68 Å². The third-order valence-electron chi connectivity index (χ3n) is 3.67. The van der Waals surface area contributed by atoms with Gasteiger partial charge in [-0.05, 0) is 56.0 Å². The third kappa shape index (κ3) is 1.82. The maximum atomic E-state index is 5.83. The van der Waals surface area contributed by atoms with E-state index < -0.39 is 0 Å². The highest BCUT2D eigenvalue weighted by molar-refractivity contribution is 5.69. The van der Waals surface area contributed by atoms with E-state index in [1.54, 1.807) is 4.68 Å². The fraction of sp³-hybridized carbons (Fsp3) is 0.357. The Morgan fingerprint density at radius 1 is 1.00 bits per heavy atom. The minimum absolute atomic E-state index is 0.690. The Morgan fingerprint density at radius 3 is 2.18 bits per heavy atom. The number of nitrogens with two attached hydrogens (primary N) is 1. The Balaban J connectivity index is 2.68. The van der Waals surface area contributed by atoms with Crippen molar-refractivity contribution in [3.63, 3.8) is 0 Å². The van der Waals surface area contributed by atoms with E-state index in [-0.39, 0.29) is 0 Å². The standard InChI is InChI=1S/C14H19N3/c1-8-6-12(11(4)10(3)9(8)2)13-7-14(15)17(5)16-13/h6-7H,15H2,1-5H3. The lowest BCUT2D eigenvalue weighted by Gasteiger charge is -2.12. The molecule has 0 bridgehead atoms. The zero-order valence-corrected chi connectivity index (χ0v) is 11.1. The second-order valence-corrected chi connectivity index (χ2v) is 4.69. The quantitative estimate of drug-likeness (QED) is 0.817. The van der Waals surface area contributed by atoms with Crippen molar-refractivity contribution in [2.24, 2.45) is 7.05 Å². The average molecular weight is 229 g/mol. The van der Waals surface area contributed by atoms with Gasteiger partial charge in [-0.1, -0.05) is 0 Å². The molecule has 0 spiro atoms. The van der Waals surface area contributed by atoms with E-state index in [0.29, 0.717) is 5.82 Å². The molecule has 1 aromatic heterocycles. The maximum Gasteiger partial charge on any atom is 0.121 e. The Bertz CT molecular complexity index is 560. The van der Waals surface area contributed by atoms with Crippen LogP contribution in [0.15, 0.2) is 12.1 Å². The summed E-state index contributed by atoms with van der Waals surface area (Å²) < 4.78 is 1.71. The van der Waals surface area contributed by atoms with Crippen LogP contribution in [-0.4, -0.2) is 9.78 Å². The molecule has 0 radical (unpaired) electrons. The van der Waals surface area contributed by atoms with E-state index in [1.165, 1.54) is 27.8 Å². The average Bonchev–Trinajstić information content (AvgIpc) is 2.61. The zero-order chi connectivity index (χ0) is 12.7. The number of benzene rings is 1. The first-order chi connectivity index (χ1) is 7.91. The largest absolute Gasteiger partial charge is 0.384 e. The third-order valence-corrected chi connectivity index (χ3v) is 3.67. The van der Waals surface area contributed by atoms with Crippen LogP contribution in [0, 0.1) is 27.7 Å². The highest BCUT2D eigenvalue weighted by Crippen LogP contribution is 2.29. The maximum absolute atomic E-state index is 5.83. The predicted molar refractivity (Wildman–Crippen MR) is 72.0 cm³/mol. The lowest BCUT2D eigenvalue weighted by atomic mass is 9.93. The topological polar surface area (TPSA) is 43.8 Å². The number of rotatable bonds is 1. The number of hydrogen-bond acceptors (Lipinski definition) is 2. The van der Waals surface area contributed by atoms with Crippen molar-refractivity contribution in [3.05, 3.63) is 34.4 Å². The van der Waals surface area contributed by atoms with Crippen molar-refractivity contribution in [1.29, 1.82) is 0 Å². The minimum atomic E-state index is 0.690. The van der Waals surface area contributed by atoms with Crippen LogP contribution in [0.5, 0.6) is 0 Å². The molecule has 0 aliphatic heterocycles. The second kappa shape index (κ2) is 3.91. The van der Waals surface area contributed by atoms with Crippen LogP contribution in [0.3, 0.4) is 0 Å². The fourth-order valence-corrected chi connectivity index (χ4v) is 2.09. The molecule has 2 rings (SSSR count). The van der Waals surface area contributed by atoms with Gasteiger partial charge in [0.1, 0.15) is 5.82 Å². The Kier molecular flexibility index (Phi) is 2.69. The van der Waals surface area contributed by atoms with Gasteiger partial charge in [-0.15, -0.1) is 0 Å². The highest BCUT2D eigenvalue weighted by Gasteiger charge is 2.12. The Morgan fingerprint density at radius 2 is 1.65 bits per heavy atom.